The van der Waals surface area contributed by atoms with E-state index in [0.29, 0.717) is 24.6 Å². The van der Waals surface area contributed by atoms with E-state index in [0.717, 1.165) is 43.5 Å². The number of carboxylic acid groups (broad SMARTS) is 2. The molecule has 1 aliphatic heterocycles. The van der Waals surface area contributed by atoms with Gasteiger partial charge in [0.05, 0.1) is 20.1 Å². The van der Waals surface area contributed by atoms with E-state index < -0.39 is 11.9 Å². The van der Waals surface area contributed by atoms with Crippen LogP contribution in [0.15, 0.2) is 42.5 Å². The van der Waals surface area contributed by atoms with Crippen molar-refractivity contribution < 1.29 is 38.5 Å². The number of halogens is 1. The van der Waals surface area contributed by atoms with Crippen LogP contribution in [0.5, 0.6) is 11.5 Å². The first-order valence-electron chi connectivity index (χ1n) is 11.5. The molecule has 1 amide bonds. The van der Waals surface area contributed by atoms with Crippen molar-refractivity contribution in [3.05, 3.63) is 59.4 Å². The van der Waals surface area contributed by atoms with Gasteiger partial charge < -0.3 is 24.6 Å². The summed E-state index contributed by atoms with van der Waals surface area (Å²) in [6.07, 6.45) is 2.64. The van der Waals surface area contributed by atoms with E-state index in [1.807, 2.05) is 36.2 Å². The fraction of sp³-hybridized carbons (Fsp3) is 0.423. The van der Waals surface area contributed by atoms with Crippen LogP contribution in [-0.4, -0.2) is 78.8 Å². The fourth-order valence-electron chi connectivity index (χ4n) is 4.05. The molecular weight excluding hydrogens is 471 g/mol. The Kier molecular flexibility index (Phi) is 11.1. The largest absolute Gasteiger partial charge is 0.493 e. The Labute approximate surface area is 210 Å². The summed E-state index contributed by atoms with van der Waals surface area (Å²) in [5, 5.41) is 14.8. The van der Waals surface area contributed by atoms with Crippen molar-refractivity contribution in [2.75, 3.05) is 40.9 Å². The summed E-state index contributed by atoms with van der Waals surface area (Å²) >= 11 is 0. The highest BCUT2D eigenvalue weighted by Gasteiger charge is 2.28. The Balaban J connectivity index is 0.000000678. The SMILES string of the molecule is COc1ccc(CCN(C)C(=O)C2CCCN(Cc3cccc(F)c3)C2)cc1OC.O=C(O)C(=O)O. The van der Waals surface area contributed by atoms with Crippen molar-refractivity contribution in [2.24, 2.45) is 5.92 Å². The summed E-state index contributed by atoms with van der Waals surface area (Å²) < 4.78 is 24.1. The van der Waals surface area contributed by atoms with Gasteiger partial charge in [-0.1, -0.05) is 18.2 Å². The van der Waals surface area contributed by atoms with E-state index in [9.17, 15) is 9.18 Å². The Bertz CT molecular complexity index is 1030. The Morgan fingerprint density at radius 2 is 1.72 bits per heavy atom. The lowest BCUT2D eigenvalue weighted by Crippen LogP contribution is -2.43. The van der Waals surface area contributed by atoms with Crippen LogP contribution in [-0.2, 0) is 27.3 Å². The number of rotatable bonds is 8. The molecule has 1 atom stereocenters. The molecule has 0 spiro atoms. The third-order valence-corrected chi connectivity index (χ3v) is 5.89. The predicted octanol–water partition coefficient (Wildman–Crippen LogP) is 2.91. The first-order valence-corrected chi connectivity index (χ1v) is 11.5. The number of benzene rings is 2. The summed E-state index contributed by atoms with van der Waals surface area (Å²) in [5.74, 6) is -2.30. The Morgan fingerprint density at radius 3 is 2.33 bits per heavy atom. The minimum Gasteiger partial charge on any atom is -0.493 e. The lowest BCUT2D eigenvalue weighted by atomic mass is 9.96. The minimum atomic E-state index is -1.82. The summed E-state index contributed by atoms with van der Waals surface area (Å²) in [6, 6.07) is 12.5. The van der Waals surface area contributed by atoms with Crippen LogP contribution in [0, 0.1) is 11.7 Å². The van der Waals surface area contributed by atoms with Gasteiger partial charge in [0.15, 0.2) is 11.5 Å². The topological polar surface area (TPSA) is 117 Å². The smallest absolute Gasteiger partial charge is 0.414 e. The number of piperidine rings is 1. The summed E-state index contributed by atoms with van der Waals surface area (Å²) in [5.41, 5.74) is 2.05. The molecule has 9 nitrogen and oxygen atoms in total. The number of likely N-dealkylation sites (N-methyl/N-ethyl adjacent to an activating group) is 1. The van der Waals surface area contributed by atoms with E-state index in [1.165, 1.54) is 6.07 Å². The zero-order valence-electron chi connectivity index (χ0n) is 20.8. The van der Waals surface area contributed by atoms with Crippen LogP contribution in [0.1, 0.15) is 24.0 Å². The summed E-state index contributed by atoms with van der Waals surface area (Å²) in [7, 11) is 5.11. The van der Waals surface area contributed by atoms with Crippen LogP contribution in [0.25, 0.3) is 0 Å². The monoisotopic (exact) mass is 504 g/mol. The first-order chi connectivity index (χ1) is 17.1. The van der Waals surface area contributed by atoms with Gasteiger partial charge >= 0.3 is 11.9 Å². The van der Waals surface area contributed by atoms with E-state index in [-0.39, 0.29) is 17.6 Å². The second-order valence-corrected chi connectivity index (χ2v) is 8.51. The van der Waals surface area contributed by atoms with Crippen molar-refractivity contribution in [1.82, 2.24) is 9.80 Å². The van der Waals surface area contributed by atoms with Gasteiger partial charge in [-0.15, -0.1) is 0 Å². The average molecular weight is 505 g/mol. The molecule has 36 heavy (non-hydrogen) atoms. The van der Waals surface area contributed by atoms with Crippen LogP contribution in [0.3, 0.4) is 0 Å². The molecule has 1 saturated heterocycles. The quantitative estimate of drug-likeness (QED) is 0.527. The van der Waals surface area contributed by atoms with E-state index >= 15 is 0 Å². The number of likely N-dealkylation sites (tertiary alicyclic amines) is 1. The number of carbonyl (C=O) groups excluding carboxylic acids is 1. The van der Waals surface area contributed by atoms with Gasteiger partial charge in [-0.2, -0.15) is 0 Å². The molecule has 196 valence electrons. The maximum atomic E-state index is 13.5. The van der Waals surface area contributed by atoms with Gasteiger partial charge in [-0.3, -0.25) is 9.69 Å². The number of aliphatic carboxylic acids is 2. The van der Waals surface area contributed by atoms with Gasteiger partial charge in [0.1, 0.15) is 5.82 Å². The summed E-state index contributed by atoms with van der Waals surface area (Å²) in [6.45, 7) is 2.98. The summed E-state index contributed by atoms with van der Waals surface area (Å²) in [4.78, 5) is 35.3. The number of ether oxygens (including phenoxy) is 2. The van der Waals surface area contributed by atoms with Crippen LogP contribution in [0.4, 0.5) is 4.39 Å². The molecule has 0 radical (unpaired) electrons. The molecule has 1 heterocycles. The van der Waals surface area contributed by atoms with Crippen molar-refractivity contribution >= 4 is 17.8 Å². The minimum absolute atomic E-state index is 0.0114. The Morgan fingerprint density at radius 1 is 1.03 bits per heavy atom. The third kappa shape index (κ3) is 8.84. The highest BCUT2D eigenvalue weighted by Crippen LogP contribution is 2.28. The maximum absolute atomic E-state index is 13.5. The number of hydrogen-bond acceptors (Lipinski definition) is 6. The molecule has 1 unspecified atom stereocenters. The van der Waals surface area contributed by atoms with Gasteiger partial charge in [0.25, 0.3) is 0 Å². The lowest BCUT2D eigenvalue weighted by Gasteiger charge is -2.34. The number of amides is 1. The molecule has 1 fully saturated rings. The second kappa shape index (κ2) is 14.0. The second-order valence-electron chi connectivity index (χ2n) is 8.51. The van der Waals surface area contributed by atoms with Gasteiger partial charge in [-0.05, 0) is 61.2 Å². The fourth-order valence-corrected chi connectivity index (χ4v) is 4.05. The molecule has 3 rings (SSSR count). The molecular formula is C26H33FN2O7. The number of methoxy groups -OCH3 is 2. The third-order valence-electron chi connectivity index (χ3n) is 5.89. The molecule has 0 aromatic heterocycles. The number of hydrogen-bond donors (Lipinski definition) is 2. The van der Waals surface area contributed by atoms with Crippen molar-refractivity contribution in [3.8, 4) is 11.5 Å². The van der Waals surface area contributed by atoms with Gasteiger partial charge in [-0.25, -0.2) is 14.0 Å². The van der Waals surface area contributed by atoms with Crippen molar-refractivity contribution in [2.45, 2.75) is 25.8 Å². The maximum Gasteiger partial charge on any atom is 0.414 e. The normalized spacial score (nSPS) is 15.3. The van der Waals surface area contributed by atoms with Crippen LogP contribution >= 0.6 is 0 Å². The molecule has 2 aromatic carbocycles. The number of carbonyl (C=O) groups is 3. The molecule has 0 bridgehead atoms. The van der Waals surface area contributed by atoms with Crippen LogP contribution < -0.4 is 9.47 Å². The van der Waals surface area contributed by atoms with Crippen molar-refractivity contribution in [3.63, 3.8) is 0 Å². The lowest BCUT2D eigenvalue weighted by molar-refractivity contribution is -0.159. The molecule has 0 saturated carbocycles. The van der Waals surface area contributed by atoms with E-state index in [4.69, 9.17) is 29.3 Å². The predicted molar refractivity (Wildman–Crippen MR) is 131 cm³/mol. The Hall–Kier alpha value is -3.66. The average Bonchev–Trinajstić information content (AvgIpc) is 2.87. The molecule has 2 N–H and O–H groups in total. The van der Waals surface area contributed by atoms with Crippen molar-refractivity contribution in [1.29, 1.82) is 0 Å². The zero-order chi connectivity index (χ0) is 26.7. The highest BCUT2D eigenvalue weighted by molar-refractivity contribution is 6.27. The van der Waals surface area contributed by atoms with Gasteiger partial charge in [0.2, 0.25) is 5.91 Å². The molecule has 10 heteroatoms. The van der Waals surface area contributed by atoms with E-state index in [2.05, 4.69) is 4.90 Å². The van der Waals surface area contributed by atoms with Gasteiger partial charge in [0, 0.05) is 26.7 Å². The standard InChI is InChI=1S/C24H31FN2O3.C2H2O4/c1-26(13-11-18-9-10-22(29-2)23(15-18)30-3)24(28)20-7-5-12-27(17-20)16-19-6-4-8-21(25)14-19;3-1(4)2(5)6/h4,6,8-10,14-15,20H,5,7,11-13,16-17H2,1-3H3;(H,3,4)(H,5,6). The number of nitrogens with zero attached hydrogens (tertiary/aromatic N) is 2. The first kappa shape index (κ1) is 28.6. The molecule has 2 aromatic rings. The number of carboxylic acids is 2. The zero-order valence-corrected chi connectivity index (χ0v) is 20.8. The molecule has 1 aliphatic rings. The highest BCUT2D eigenvalue weighted by atomic mass is 19.1. The molecule has 0 aliphatic carbocycles. The van der Waals surface area contributed by atoms with E-state index in [1.54, 1.807) is 26.4 Å². The van der Waals surface area contributed by atoms with Crippen LogP contribution in [0.2, 0.25) is 0 Å².